The van der Waals surface area contributed by atoms with Crippen LogP contribution >= 0.6 is 23.8 Å². The lowest BCUT2D eigenvalue weighted by Gasteiger charge is -2.38. The number of nitrogens with zero attached hydrogens (tertiary/aromatic N) is 2. The molecule has 3 rings (SSSR count). The fourth-order valence-corrected chi connectivity index (χ4v) is 3.49. The van der Waals surface area contributed by atoms with E-state index in [1.807, 2.05) is 12.1 Å². The topological polar surface area (TPSA) is 77.5 Å². The molecule has 1 aliphatic heterocycles. The normalized spacial score (nSPS) is 15.5. The Balaban J connectivity index is 1.69. The van der Waals surface area contributed by atoms with Gasteiger partial charge in [-0.15, -0.1) is 0 Å². The van der Waals surface area contributed by atoms with Gasteiger partial charge in [0.2, 0.25) is 17.7 Å². The number of ether oxygens (including phenoxy) is 3. The van der Waals surface area contributed by atoms with Crippen LogP contribution in [0.4, 0.5) is 5.95 Å². The molecule has 2 aromatic rings. The first-order valence-electron chi connectivity index (χ1n) is 8.90. The monoisotopic (exact) mass is 422 g/mol. The third-order valence-electron chi connectivity index (χ3n) is 4.82. The molecule has 0 bridgehead atoms. The summed E-state index contributed by atoms with van der Waals surface area (Å²) < 4.78 is 15.9. The molecule has 1 aromatic heterocycles. The van der Waals surface area contributed by atoms with E-state index >= 15 is 0 Å². The van der Waals surface area contributed by atoms with Crippen LogP contribution < -0.4 is 20.1 Å². The maximum atomic E-state index is 6.06. The highest BCUT2D eigenvalue weighted by atomic mass is 35.5. The molecule has 1 aromatic carbocycles. The molecular formula is C19H23ClN4O3S. The molecule has 0 atom stereocenters. The van der Waals surface area contributed by atoms with Crippen molar-refractivity contribution in [3.05, 3.63) is 40.9 Å². The van der Waals surface area contributed by atoms with E-state index in [9.17, 15) is 0 Å². The molecule has 2 N–H and O–H groups in total. The second-order valence-electron chi connectivity index (χ2n) is 6.48. The summed E-state index contributed by atoms with van der Waals surface area (Å²) in [5.41, 5.74) is 1.14. The van der Waals surface area contributed by atoms with Gasteiger partial charge >= 0.3 is 0 Å². The number of halogens is 1. The largest absolute Gasteiger partial charge is 0.481 e. The molecule has 0 saturated carbocycles. The third kappa shape index (κ3) is 5.01. The molecule has 0 radical (unpaired) electrons. The molecule has 7 nitrogen and oxygen atoms in total. The summed E-state index contributed by atoms with van der Waals surface area (Å²) in [6.45, 7) is 2.08. The summed E-state index contributed by atoms with van der Waals surface area (Å²) in [5.74, 6) is 1.08. The molecule has 2 heterocycles. The molecular weight excluding hydrogens is 400 g/mol. The average molecular weight is 423 g/mol. The summed E-state index contributed by atoms with van der Waals surface area (Å²) in [4.78, 5) is 8.47. The molecule has 150 valence electrons. The zero-order valence-electron chi connectivity index (χ0n) is 15.8. The lowest BCUT2D eigenvalue weighted by Crippen LogP contribution is -2.45. The van der Waals surface area contributed by atoms with Crippen LogP contribution in [0.5, 0.6) is 11.8 Å². The van der Waals surface area contributed by atoms with Crippen molar-refractivity contribution in [2.24, 2.45) is 0 Å². The zero-order chi connectivity index (χ0) is 20.0. The van der Waals surface area contributed by atoms with E-state index in [4.69, 9.17) is 38.0 Å². The van der Waals surface area contributed by atoms with Crippen LogP contribution in [0.25, 0.3) is 0 Å². The van der Waals surface area contributed by atoms with Gasteiger partial charge in [0, 0.05) is 30.2 Å². The number of rotatable bonds is 6. The van der Waals surface area contributed by atoms with Gasteiger partial charge in [-0.1, -0.05) is 23.7 Å². The lowest BCUT2D eigenvalue weighted by molar-refractivity contribution is 0.0515. The highest BCUT2D eigenvalue weighted by Gasteiger charge is 2.34. The van der Waals surface area contributed by atoms with Crippen molar-refractivity contribution < 1.29 is 14.2 Å². The fraction of sp³-hybridized carbons (Fsp3) is 0.421. The Kier molecular flexibility index (Phi) is 6.88. The van der Waals surface area contributed by atoms with Gasteiger partial charge in [0.25, 0.3) is 0 Å². The summed E-state index contributed by atoms with van der Waals surface area (Å²) in [6, 6.07) is 9.57. The van der Waals surface area contributed by atoms with Gasteiger partial charge < -0.3 is 24.8 Å². The van der Waals surface area contributed by atoms with E-state index in [0.29, 0.717) is 42.6 Å². The fourth-order valence-electron chi connectivity index (χ4n) is 3.20. The first-order chi connectivity index (χ1) is 13.5. The first kappa shape index (κ1) is 20.6. The van der Waals surface area contributed by atoms with Gasteiger partial charge in [0.15, 0.2) is 5.11 Å². The Bertz CT molecular complexity index is 791. The highest BCUT2D eigenvalue weighted by Crippen LogP contribution is 2.35. The van der Waals surface area contributed by atoms with Gasteiger partial charge in [0.1, 0.15) is 0 Å². The Morgan fingerprint density at radius 3 is 2.32 bits per heavy atom. The molecule has 0 aliphatic carbocycles. The maximum absolute atomic E-state index is 6.06. The highest BCUT2D eigenvalue weighted by molar-refractivity contribution is 7.80. The molecule has 0 spiro atoms. The molecule has 0 amide bonds. The van der Waals surface area contributed by atoms with Crippen LogP contribution in [0.1, 0.15) is 18.4 Å². The number of hydrogen-bond acceptors (Lipinski definition) is 6. The predicted molar refractivity (Wildman–Crippen MR) is 113 cm³/mol. The van der Waals surface area contributed by atoms with Gasteiger partial charge in [-0.2, -0.15) is 9.97 Å². The quantitative estimate of drug-likeness (QED) is 0.687. The number of thiocarbonyl (C=S) groups is 1. The Morgan fingerprint density at radius 1 is 1.14 bits per heavy atom. The zero-order valence-corrected chi connectivity index (χ0v) is 17.4. The van der Waals surface area contributed by atoms with Crippen molar-refractivity contribution in [1.82, 2.24) is 15.3 Å². The molecule has 1 fully saturated rings. The van der Waals surface area contributed by atoms with E-state index in [1.165, 1.54) is 19.8 Å². The van der Waals surface area contributed by atoms with Crippen LogP contribution in [-0.4, -0.2) is 49.1 Å². The number of aromatic nitrogens is 2. The minimum Gasteiger partial charge on any atom is -0.481 e. The molecule has 9 heteroatoms. The summed E-state index contributed by atoms with van der Waals surface area (Å²) in [6.07, 6.45) is 1.79. The second kappa shape index (κ2) is 9.36. The lowest BCUT2D eigenvalue weighted by atomic mass is 9.74. The number of benzene rings is 1. The van der Waals surface area contributed by atoms with Crippen molar-refractivity contribution in [3.63, 3.8) is 0 Å². The molecule has 0 unspecified atom stereocenters. The van der Waals surface area contributed by atoms with E-state index in [1.54, 1.807) is 6.07 Å². The SMILES string of the molecule is COc1cc(OC)nc(NC(=S)NCC2(c3ccc(Cl)cc3)CCOCC2)n1. The van der Waals surface area contributed by atoms with E-state index in [-0.39, 0.29) is 5.41 Å². The number of anilines is 1. The Morgan fingerprint density at radius 2 is 1.75 bits per heavy atom. The van der Waals surface area contributed by atoms with Crippen molar-refractivity contribution in [2.75, 3.05) is 39.3 Å². The van der Waals surface area contributed by atoms with Crippen LogP contribution in [0.15, 0.2) is 30.3 Å². The van der Waals surface area contributed by atoms with Crippen LogP contribution in [0.3, 0.4) is 0 Å². The number of hydrogen-bond donors (Lipinski definition) is 2. The van der Waals surface area contributed by atoms with E-state index in [2.05, 4.69) is 32.7 Å². The van der Waals surface area contributed by atoms with Crippen molar-refractivity contribution in [3.8, 4) is 11.8 Å². The first-order valence-corrected chi connectivity index (χ1v) is 9.69. The van der Waals surface area contributed by atoms with Crippen molar-refractivity contribution in [1.29, 1.82) is 0 Å². The van der Waals surface area contributed by atoms with Crippen molar-refractivity contribution >= 4 is 34.9 Å². The molecule has 1 aliphatic rings. The Labute approximate surface area is 174 Å². The van der Waals surface area contributed by atoms with E-state index < -0.39 is 0 Å². The van der Waals surface area contributed by atoms with Crippen LogP contribution in [-0.2, 0) is 10.2 Å². The molecule has 1 saturated heterocycles. The van der Waals surface area contributed by atoms with E-state index in [0.717, 1.165) is 17.9 Å². The minimum atomic E-state index is -0.0818. The maximum Gasteiger partial charge on any atom is 0.235 e. The van der Waals surface area contributed by atoms with Gasteiger partial charge in [-0.25, -0.2) is 0 Å². The summed E-state index contributed by atoms with van der Waals surface area (Å²) in [7, 11) is 3.06. The van der Waals surface area contributed by atoms with Gasteiger partial charge in [-0.3, -0.25) is 0 Å². The van der Waals surface area contributed by atoms with Crippen LogP contribution in [0, 0.1) is 0 Å². The minimum absolute atomic E-state index is 0.0818. The van der Waals surface area contributed by atoms with Crippen molar-refractivity contribution in [2.45, 2.75) is 18.3 Å². The average Bonchev–Trinajstić information content (AvgIpc) is 2.73. The standard InChI is InChI=1S/C19H23ClN4O3S/c1-25-15-11-16(26-2)23-17(22-15)24-18(28)21-12-19(7-9-27-10-8-19)13-3-5-14(20)6-4-13/h3-6,11H,7-10,12H2,1-2H3,(H2,21,22,23,24,28). The Hall–Kier alpha value is -2.16. The second-order valence-corrected chi connectivity index (χ2v) is 7.33. The van der Waals surface area contributed by atoms with Crippen LogP contribution in [0.2, 0.25) is 5.02 Å². The smallest absolute Gasteiger partial charge is 0.235 e. The van der Waals surface area contributed by atoms with Gasteiger partial charge in [0.05, 0.1) is 20.3 Å². The summed E-state index contributed by atoms with van der Waals surface area (Å²) >= 11 is 11.5. The third-order valence-corrected chi connectivity index (χ3v) is 5.31. The number of nitrogens with one attached hydrogen (secondary N) is 2. The van der Waals surface area contributed by atoms with Gasteiger partial charge in [-0.05, 0) is 42.8 Å². The summed E-state index contributed by atoms with van der Waals surface area (Å²) in [5, 5.41) is 7.44. The molecule has 28 heavy (non-hydrogen) atoms. The number of methoxy groups -OCH3 is 2. The predicted octanol–water partition coefficient (Wildman–Crippen LogP) is 3.18.